The monoisotopic (exact) mass is 276 g/mol. The lowest BCUT2D eigenvalue weighted by Gasteiger charge is -2.21. The first kappa shape index (κ1) is 13.1. The van der Waals surface area contributed by atoms with Gasteiger partial charge in [-0.15, -0.1) is 0 Å². The molecule has 1 aliphatic heterocycles. The normalized spacial score (nSPS) is 20.8. The molecule has 0 atom stereocenters. The number of hydrogen-bond acceptors (Lipinski definition) is 3. The van der Waals surface area contributed by atoms with Crippen LogP contribution in [0.5, 0.6) is 0 Å². The average Bonchev–Trinajstić information content (AvgIpc) is 3.08. The molecular weight excluding hydrogens is 256 g/mol. The number of hydrogen-bond donors (Lipinski definition) is 2. The standard InChI is InChI=1S/C14H20N4O2/c1-14(2)5-11-10(13(20)15-8-14)6-18(17-11)7-12(19)16-9-3-4-9/h6,9H,3-5,7-8H2,1-2H3,(H,15,20)(H,16,19). The predicted octanol–water partition coefficient (Wildman–Crippen LogP) is 0.474. The maximum atomic E-state index is 12.0. The molecule has 0 radical (unpaired) electrons. The quantitative estimate of drug-likeness (QED) is 0.843. The molecule has 1 saturated carbocycles. The first-order valence-electron chi connectivity index (χ1n) is 7.07. The topological polar surface area (TPSA) is 76.0 Å². The molecule has 6 heteroatoms. The number of carbonyl (C=O) groups is 2. The zero-order chi connectivity index (χ0) is 14.3. The highest BCUT2D eigenvalue weighted by molar-refractivity contribution is 5.95. The van der Waals surface area contributed by atoms with E-state index < -0.39 is 0 Å². The Bertz CT molecular complexity index is 558. The van der Waals surface area contributed by atoms with E-state index in [0.29, 0.717) is 18.2 Å². The molecular formula is C14H20N4O2. The lowest BCUT2D eigenvalue weighted by Crippen LogP contribution is -2.32. The van der Waals surface area contributed by atoms with Crippen molar-refractivity contribution < 1.29 is 9.59 Å². The molecule has 20 heavy (non-hydrogen) atoms. The smallest absolute Gasteiger partial charge is 0.254 e. The molecule has 3 rings (SSSR count). The molecule has 6 nitrogen and oxygen atoms in total. The van der Waals surface area contributed by atoms with Crippen LogP contribution < -0.4 is 10.6 Å². The molecule has 1 fully saturated rings. The van der Waals surface area contributed by atoms with E-state index in [0.717, 1.165) is 25.0 Å². The minimum absolute atomic E-state index is 0.0175. The number of aromatic nitrogens is 2. The van der Waals surface area contributed by atoms with Crippen molar-refractivity contribution in [2.45, 2.75) is 45.7 Å². The summed E-state index contributed by atoms with van der Waals surface area (Å²) in [7, 11) is 0. The van der Waals surface area contributed by atoms with Crippen LogP contribution in [-0.2, 0) is 17.8 Å². The Morgan fingerprint density at radius 2 is 2.30 bits per heavy atom. The van der Waals surface area contributed by atoms with Crippen LogP contribution in [0.1, 0.15) is 42.7 Å². The van der Waals surface area contributed by atoms with Crippen LogP contribution in [0, 0.1) is 5.41 Å². The van der Waals surface area contributed by atoms with Crippen LogP contribution >= 0.6 is 0 Å². The molecule has 0 aromatic carbocycles. The fraction of sp³-hybridized carbons (Fsp3) is 0.643. The van der Waals surface area contributed by atoms with E-state index in [-0.39, 0.29) is 23.8 Å². The lowest BCUT2D eigenvalue weighted by molar-refractivity contribution is -0.122. The van der Waals surface area contributed by atoms with Crippen LogP contribution in [0.2, 0.25) is 0 Å². The Morgan fingerprint density at radius 3 is 3.00 bits per heavy atom. The van der Waals surface area contributed by atoms with Crippen molar-refractivity contribution in [1.82, 2.24) is 20.4 Å². The van der Waals surface area contributed by atoms with Gasteiger partial charge < -0.3 is 10.6 Å². The van der Waals surface area contributed by atoms with Gasteiger partial charge in [-0.25, -0.2) is 0 Å². The maximum Gasteiger partial charge on any atom is 0.254 e. The predicted molar refractivity (Wildman–Crippen MR) is 73.2 cm³/mol. The molecule has 2 heterocycles. The molecule has 2 aliphatic rings. The number of rotatable bonds is 3. The third kappa shape index (κ3) is 2.84. The summed E-state index contributed by atoms with van der Waals surface area (Å²) < 4.78 is 1.57. The van der Waals surface area contributed by atoms with Crippen LogP contribution in [-0.4, -0.2) is 34.2 Å². The minimum Gasteiger partial charge on any atom is -0.352 e. The van der Waals surface area contributed by atoms with Gasteiger partial charge in [0.05, 0.1) is 11.3 Å². The second-order valence-corrected chi connectivity index (χ2v) is 6.55. The Morgan fingerprint density at radius 1 is 1.55 bits per heavy atom. The zero-order valence-corrected chi connectivity index (χ0v) is 11.9. The van der Waals surface area contributed by atoms with Gasteiger partial charge in [-0.2, -0.15) is 5.10 Å². The first-order valence-corrected chi connectivity index (χ1v) is 7.07. The second kappa shape index (κ2) is 4.61. The van der Waals surface area contributed by atoms with Gasteiger partial charge >= 0.3 is 0 Å². The summed E-state index contributed by atoms with van der Waals surface area (Å²) in [5, 5.41) is 10.2. The lowest BCUT2D eigenvalue weighted by atomic mass is 9.88. The Labute approximate surface area is 117 Å². The summed E-state index contributed by atoms with van der Waals surface area (Å²) in [6, 6.07) is 0.345. The number of nitrogens with one attached hydrogen (secondary N) is 2. The van der Waals surface area contributed by atoms with Crippen LogP contribution in [0.4, 0.5) is 0 Å². The van der Waals surface area contributed by atoms with E-state index in [1.165, 1.54) is 0 Å². The summed E-state index contributed by atoms with van der Waals surface area (Å²) in [5.41, 5.74) is 1.36. The fourth-order valence-electron chi connectivity index (χ4n) is 2.44. The van der Waals surface area contributed by atoms with Gasteiger partial charge in [0.1, 0.15) is 6.54 Å². The van der Waals surface area contributed by atoms with Crippen molar-refractivity contribution in [2.24, 2.45) is 5.41 Å². The van der Waals surface area contributed by atoms with Crippen molar-refractivity contribution >= 4 is 11.8 Å². The van der Waals surface area contributed by atoms with Gasteiger partial charge in [0.2, 0.25) is 5.91 Å². The van der Waals surface area contributed by atoms with E-state index in [1.807, 2.05) is 0 Å². The maximum absolute atomic E-state index is 12.0. The number of fused-ring (bicyclic) bond motifs is 1. The highest BCUT2D eigenvalue weighted by Crippen LogP contribution is 2.25. The first-order chi connectivity index (χ1) is 9.43. The molecule has 0 saturated heterocycles. The van der Waals surface area contributed by atoms with Crippen molar-refractivity contribution in [2.75, 3.05) is 6.54 Å². The Kier molecular flexibility index (Phi) is 3.03. The van der Waals surface area contributed by atoms with Crippen LogP contribution in [0.15, 0.2) is 6.20 Å². The Balaban J connectivity index is 1.76. The summed E-state index contributed by atoms with van der Waals surface area (Å²) in [6.07, 6.45) is 4.55. The third-order valence-electron chi connectivity index (χ3n) is 3.70. The largest absolute Gasteiger partial charge is 0.352 e. The fourth-order valence-corrected chi connectivity index (χ4v) is 2.44. The van der Waals surface area contributed by atoms with Gasteiger partial charge in [0.25, 0.3) is 5.91 Å². The van der Waals surface area contributed by atoms with E-state index in [2.05, 4.69) is 29.6 Å². The molecule has 2 N–H and O–H groups in total. The molecule has 1 aromatic rings. The molecule has 1 aromatic heterocycles. The van der Waals surface area contributed by atoms with Crippen LogP contribution in [0.3, 0.4) is 0 Å². The molecule has 0 bridgehead atoms. The highest BCUT2D eigenvalue weighted by Gasteiger charge is 2.30. The number of carbonyl (C=O) groups excluding carboxylic acids is 2. The molecule has 0 unspecified atom stereocenters. The van der Waals surface area contributed by atoms with Gasteiger partial charge in [0, 0.05) is 18.8 Å². The molecule has 0 spiro atoms. The summed E-state index contributed by atoms with van der Waals surface area (Å²) in [4.78, 5) is 23.8. The zero-order valence-electron chi connectivity index (χ0n) is 11.9. The summed E-state index contributed by atoms with van der Waals surface area (Å²) in [5.74, 6) is -0.135. The van der Waals surface area contributed by atoms with Crippen molar-refractivity contribution in [3.05, 3.63) is 17.5 Å². The molecule has 108 valence electrons. The second-order valence-electron chi connectivity index (χ2n) is 6.55. The number of amides is 2. The van der Waals surface area contributed by atoms with Gasteiger partial charge in [0.15, 0.2) is 0 Å². The summed E-state index contributed by atoms with van der Waals surface area (Å²) >= 11 is 0. The van der Waals surface area contributed by atoms with Crippen molar-refractivity contribution in [3.63, 3.8) is 0 Å². The third-order valence-corrected chi connectivity index (χ3v) is 3.70. The SMILES string of the molecule is CC1(C)CNC(=O)c2cn(CC(=O)NC3CC3)nc2C1. The highest BCUT2D eigenvalue weighted by atomic mass is 16.2. The van der Waals surface area contributed by atoms with E-state index >= 15 is 0 Å². The van der Waals surface area contributed by atoms with E-state index in [1.54, 1.807) is 10.9 Å². The number of nitrogens with zero attached hydrogens (tertiary/aromatic N) is 2. The minimum atomic E-state index is -0.0978. The van der Waals surface area contributed by atoms with E-state index in [9.17, 15) is 9.59 Å². The summed E-state index contributed by atoms with van der Waals surface area (Å²) in [6.45, 7) is 5.02. The van der Waals surface area contributed by atoms with Crippen LogP contribution in [0.25, 0.3) is 0 Å². The van der Waals surface area contributed by atoms with Crippen molar-refractivity contribution in [3.8, 4) is 0 Å². The van der Waals surface area contributed by atoms with Gasteiger partial charge in [-0.05, 0) is 24.7 Å². The van der Waals surface area contributed by atoms with Gasteiger partial charge in [-0.3, -0.25) is 14.3 Å². The van der Waals surface area contributed by atoms with Gasteiger partial charge in [-0.1, -0.05) is 13.8 Å². The molecule has 1 aliphatic carbocycles. The van der Waals surface area contributed by atoms with E-state index in [4.69, 9.17) is 0 Å². The molecule has 2 amide bonds. The average molecular weight is 276 g/mol. The van der Waals surface area contributed by atoms with Crippen molar-refractivity contribution in [1.29, 1.82) is 0 Å². The Hall–Kier alpha value is -1.85.